The molecule has 2 N–H and O–H groups in total. The molecule has 1 aliphatic rings. The Morgan fingerprint density at radius 1 is 1.23 bits per heavy atom. The fourth-order valence-electron chi connectivity index (χ4n) is 3.41. The third-order valence-electron chi connectivity index (χ3n) is 4.56. The Kier molecular flexibility index (Phi) is 3.53. The van der Waals surface area contributed by atoms with E-state index in [0.29, 0.717) is 5.56 Å². The summed E-state index contributed by atoms with van der Waals surface area (Å²) in [7, 11) is 0. The summed E-state index contributed by atoms with van der Waals surface area (Å²) >= 11 is 0. The van der Waals surface area contributed by atoms with E-state index in [1.807, 2.05) is 12.1 Å². The quantitative estimate of drug-likeness (QED) is 0.832. The summed E-state index contributed by atoms with van der Waals surface area (Å²) in [4.78, 5) is 11.5. The predicted octanol–water partition coefficient (Wildman–Crippen LogP) is 3.61. The molecule has 0 aliphatic carbocycles. The first kappa shape index (κ1) is 14.8. The van der Waals surface area contributed by atoms with Crippen LogP contribution in [0.3, 0.4) is 0 Å². The molecule has 3 nitrogen and oxygen atoms in total. The second kappa shape index (κ2) is 5.25. The molecule has 0 saturated heterocycles. The number of nitrogens with one attached hydrogen (secondary N) is 1. The van der Waals surface area contributed by atoms with Gasteiger partial charge in [0.1, 0.15) is 5.75 Å². The molecule has 3 rings (SSSR count). The molecule has 0 radical (unpaired) electrons. The normalized spacial score (nSPS) is 19.5. The van der Waals surface area contributed by atoms with Gasteiger partial charge in [-0.2, -0.15) is 0 Å². The lowest BCUT2D eigenvalue weighted by Crippen LogP contribution is -2.48. The van der Waals surface area contributed by atoms with Crippen molar-refractivity contribution in [2.45, 2.75) is 38.8 Å². The van der Waals surface area contributed by atoms with Crippen LogP contribution in [0.15, 0.2) is 42.5 Å². The van der Waals surface area contributed by atoms with Crippen molar-refractivity contribution < 1.29 is 9.90 Å². The van der Waals surface area contributed by atoms with Crippen LogP contribution in [-0.4, -0.2) is 16.4 Å². The molecule has 1 atom stereocenters. The molecular formula is C19H21NO2. The molecule has 0 bridgehead atoms. The van der Waals surface area contributed by atoms with Crippen molar-refractivity contribution in [2.75, 3.05) is 0 Å². The maximum atomic E-state index is 11.5. The number of rotatable bonds is 2. The summed E-state index contributed by atoms with van der Waals surface area (Å²) in [6.45, 7) is 6.65. The zero-order chi connectivity index (χ0) is 15.9. The molecule has 0 spiro atoms. The first-order valence-electron chi connectivity index (χ1n) is 7.57. The Morgan fingerprint density at radius 2 is 1.95 bits per heavy atom. The fraction of sp³-hybridized carbons (Fsp3) is 0.316. The molecule has 3 heteroatoms. The molecule has 1 heterocycles. The summed E-state index contributed by atoms with van der Waals surface area (Å²) in [5, 5.41) is 13.7. The van der Waals surface area contributed by atoms with Crippen molar-refractivity contribution in [2.24, 2.45) is 0 Å². The first-order chi connectivity index (χ1) is 10.4. The second-order valence-electron chi connectivity index (χ2n) is 6.54. The van der Waals surface area contributed by atoms with Crippen LogP contribution >= 0.6 is 0 Å². The van der Waals surface area contributed by atoms with Gasteiger partial charge in [0.25, 0.3) is 0 Å². The Bertz CT molecular complexity index is 734. The molecule has 2 aromatic rings. The number of carbonyl (C=O) groups is 1. The second-order valence-corrected chi connectivity index (χ2v) is 6.54. The first-order valence-corrected chi connectivity index (χ1v) is 7.57. The van der Waals surface area contributed by atoms with E-state index in [2.05, 4.69) is 37.4 Å². The molecule has 22 heavy (non-hydrogen) atoms. The van der Waals surface area contributed by atoms with Crippen molar-refractivity contribution in [3.05, 3.63) is 64.7 Å². The Hall–Kier alpha value is -2.13. The van der Waals surface area contributed by atoms with Crippen LogP contribution < -0.4 is 5.32 Å². The summed E-state index contributed by atoms with van der Waals surface area (Å²) < 4.78 is 0. The van der Waals surface area contributed by atoms with Gasteiger partial charge in [-0.15, -0.1) is 0 Å². The third-order valence-corrected chi connectivity index (χ3v) is 4.56. The molecule has 0 unspecified atom stereocenters. The van der Waals surface area contributed by atoms with Crippen LogP contribution in [0, 0.1) is 0 Å². The standard InChI is InChI=1S/C19H21NO2/c1-12(21)15-9-8-13(10-17(15)22)18-16-7-5-4-6-14(16)11-20-19(18,2)3/h4-10,18,20,22H,11H2,1-3H3/t18-/m0/s1. The lowest BCUT2D eigenvalue weighted by atomic mass is 9.73. The largest absolute Gasteiger partial charge is 0.507 e. The van der Waals surface area contributed by atoms with Crippen molar-refractivity contribution in [3.63, 3.8) is 0 Å². The van der Waals surface area contributed by atoms with Crippen LogP contribution in [-0.2, 0) is 6.54 Å². The van der Waals surface area contributed by atoms with E-state index >= 15 is 0 Å². The van der Waals surface area contributed by atoms with Gasteiger partial charge in [-0.3, -0.25) is 4.79 Å². The van der Waals surface area contributed by atoms with Crippen molar-refractivity contribution in [3.8, 4) is 5.75 Å². The van der Waals surface area contributed by atoms with Crippen LogP contribution in [0.5, 0.6) is 5.75 Å². The summed E-state index contributed by atoms with van der Waals surface area (Å²) in [6.07, 6.45) is 0. The number of phenolic OH excluding ortho intramolecular Hbond substituents is 1. The highest BCUT2D eigenvalue weighted by atomic mass is 16.3. The van der Waals surface area contributed by atoms with Gasteiger partial charge in [0.05, 0.1) is 5.56 Å². The van der Waals surface area contributed by atoms with Gasteiger partial charge in [-0.25, -0.2) is 0 Å². The SMILES string of the molecule is CC(=O)c1ccc([C@H]2c3ccccc3CNC2(C)C)cc1O. The minimum atomic E-state index is -0.126. The van der Waals surface area contributed by atoms with Crippen LogP contribution in [0.1, 0.15) is 53.7 Å². The lowest BCUT2D eigenvalue weighted by Gasteiger charge is -2.41. The zero-order valence-corrected chi connectivity index (χ0v) is 13.2. The molecule has 1 aliphatic heterocycles. The number of hydrogen-bond donors (Lipinski definition) is 2. The van der Waals surface area contributed by atoms with Gasteiger partial charge in [-0.05, 0) is 49.6 Å². The number of hydrogen-bond acceptors (Lipinski definition) is 3. The number of Topliss-reactive ketones (excluding diaryl/α,β-unsaturated/α-hetero) is 1. The van der Waals surface area contributed by atoms with Gasteiger partial charge < -0.3 is 10.4 Å². The van der Waals surface area contributed by atoms with Gasteiger partial charge >= 0.3 is 0 Å². The van der Waals surface area contributed by atoms with Crippen LogP contribution in [0.2, 0.25) is 0 Å². The van der Waals surface area contributed by atoms with E-state index in [4.69, 9.17) is 0 Å². The highest BCUT2D eigenvalue weighted by molar-refractivity contribution is 5.96. The van der Waals surface area contributed by atoms with E-state index in [1.54, 1.807) is 12.1 Å². The average Bonchev–Trinajstić information content (AvgIpc) is 2.46. The molecule has 0 amide bonds. The van der Waals surface area contributed by atoms with E-state index < -0.39 is 0 Å². The number of benzene rings is 2. The number of carbonyl (C=O) groups excluding carboxylic acids is 1. The van der Waals surface area contributed by atoms with Crippen molar-refractivity contribution in [1.29, 1.82) is 0 Å². The Morgan fingerprint density at radius 3 is 2.64 bits per heavy atom. The smallest absolute Gasteiger partial charge is 0.163 e. The fourth-order valence-corrected chi connectivity index (χ4v) is 3.41. The Labute approximate surface area is 131 Å². The summed E-state index contributed by atoms with van der Waals surface area (Å²) in [5.74, 6) is 0.0682. The average molecular weight is 295 g/mol. The minimum absolute atomic E-state index is 0.0591. The topological polar surface area (TPSA) is 49.3 Å². The Balaban J connectivity index is 2.13. The molecule has 0 aromatic heterocycles. The van der Waals surface area contributed by atoms with Gasteiger partial charge in [0, 0.05) is 18.0 Å². The zero-order valence-electron chi connectivity index (χ0n) is 13.2. The molecule has 0 fully saturated rings. The van der Waals surface area contributed by atoms with E-state index in [0.717, 1.165) is 12.1 Å². The maximum absolute atomic E-state index is 11.5. The van der Waals surface area contributed by atoms with E-state index in [1.165, 1.54) is 18.1 Å². The number of phenols is 1. The molecule has 0 saturated carbocycles. The number of fused-ring (bicyclic) bond motifs is 1. The lowest BCUT2D eigenvalue weighted by molar-refractivity contribution is 0.101. The highest BCUT2D eigenvalue weighted by Crippen LogP contribution is 2.41. The minimum Gasteiger partial charge on any atom is -0.507 e. The molecule has 114 valence electrons. The number of ketones is 1. The van der Waals surface area contributed by atoms with Gasteiger partial charge in [0.2, 0.25) is 0 Å². The number of aromatic hydroxyl groups is 1. The van der Waals surface area contributed by atoms with Crippen LogP contribution in [0.4, 0.5) is 0 Å². The van der Waals surface area contributed by atoms with E-state index in [9.17, 15) is 9.90 Å². The maximum Gasteiger partial charge on any atom is 0.163 e. The van der Waals surface area contributed by atoms with Crippen molar-refractivity contribution >= 4 is 5.78 Å². The van der Waals surface area contributed by atoms with Crippen LogP contribution in [0.25, 0.3) is 0 Å². The summed E-state index contributed by atoms with van der Waals surface area (Å²) in [5.41, 5.74) is 3.83. The molecule has 2 aromatic carbocycles. The third kappa shape index (κ3) is 2.42. The van der Waals surface area contributed by atoms with Gasteiger partial charge in [0.15, 0.2) is 5.78 Å². The van der Waals surface area contributed by atoms with E-state index in [-0.39, 0.29) is 23.0 Å². The van der Waals surface area contributed by atoms with Gasteiger partial charge in [-0.1, -0.05) is 30.3 Å². The summed E-state index contributed by atoms with van der Waals surface area (Å²) in [6, 6.07) is 13.8. The highest BCUT2D eigenvalue weighted by Gasteiger charge is 2.36. The van der Waals surface area contributed by atoms with Crippen molar-refractivity contribution in [1.82, 2.24) is 5.32 Å². The monoisotopic (exact) mass is 295 g/mol. The predicted molar refractivity (Wildman–Crippen MR) is 87.3 cm³/mol. The molecular weight excluding hydrogens is 274 g/mol.